The van der Waals surface area contributed by atoms with Gasteiger partial charge in [-0.2, -0.15) is 0 Å². The van der Waals surface area contributed by atoms with E-state index in [1.54, 1.807) is 12.1 Å². The largest absolute Gasteiger partial charge is 0.504 e. The second kappa shape index (κ2) is 6.96. The van der Waals surface area contributed by atoms with Crippen LogP contribution in [-0.4, -0.2) is 5.11 Å². The fourth-order valence-corrected chi connectivity index (χ4v) is 4.25. The molecule has 3 nitrogen and oxygen atoms in total. The average molecular weight is 393 g/mol. The molecule has 0 radical (unpaired) electrons. The number of rotatable bonds is 4. The Balaban J connectivity index is 1.41. The molecular weight excluding hydrogens is 370 g/mol. The van der Waals surface area contributed by atoms with Crippen LogP contribution in [0.15, 0.2) is 91.0 Å². The third-order valence-electron chi connectivity index (χ3n) is 5.80. The van der Waals surface area contributed by atoms with Crippen LogP contribution < -0.4 is 10.1 Å². The number of benzene rings is 4. The average Bonchev–Trinajstić information content (AvgIpc) is 2.98. The highest BCUT2D eigenvalue weighted by Gasteiger charge is 2.35. The quantitative estimate of drug-likeness (QED) is 0.384. The number of fused-ring (bicyclic) bond motifs is 3. The van der Waals surface area contributed by atoms with E-state index in [1.165, 1.54) is 22.3 Å². The second-order valence-corrected chi connectivity index (χ2v) is 8.15. The Morgan fingerprint density at radius 1 is 0.700 bits per heavy atom. The first-order valence-corrected chi connectivity index (χ1v) is 10.1. The molecule has 4 aromatic carbocycles. The zero-order valence-corrected chi connectivity index (χ0v) is 17.0. The Morgan fingerprint density at radius 2 is 1.37 bits per heavy atom. The maximum atomic E-state index is 10.4. The molecule has 5 rings (SSSR count). The van der Waals surface area contributed by atoms with E-state index in [0.29, 0.717) is 11.5 Å². The van der Waals surface area contributed by atoms with Gasteiger partial charge < -0.3 is 15.2 Å². The first-order valence-electron chi connectivity index (χ1n) is 10.1. The minimum atomic E-state index is -0.0425. The van der Waals surface area contributed by atoms with Gasteiger partial charge in [0, 0.05) is 22.9 Å². The van der Waals surface area contributed by atoms with Crippen molar-refractivity contribution in [1.29, 1.82) is 0 Å². The van der Waals surface area contributed by atoms with Crippen molar-refractivity contribution in [2.45, 2.75) is 19.3 Å². The fourth-order valence-electron chi connectivity index (χ4n) is 4.25. The Kier molecular flexibility index (Phi) is 4.25. The van der Waals surface area contributed by atoms with Crippen LogP contribution in [0.3, 0.4) is 0 Å². The second-order valence-electron chi connectivity index (χ2n) is 8.15. The van der Waals surface area contributed by atoms with Crippen molar-refractivity contribution in [3.05, 3.63) is 102 Å². The van der Waals surface area contributed by atoms with E-state index < -0.39 is 0 Å². The van der Waals surface area contributed by atoms with Crippen molar-refractivity contribution < 1.29 is 9.84 Å². The summed E-state index contributed by atoms with van der Waals surface area (Å²) in [5.41, 5.74) is 7.02. The molecule has 0 fully saturated rings. The van der Waals surface area contributed by atoms with E-state index >= 15 is 0 Å². The van der Waals surface area contributed by atoms with Crippen molar-refractivity contribution in [2.75, 3.05) is 5.32 Å². The molecule has 1 aliphatic carbocycles. The molecule has 0 aliphatic heterocycles. The van der Waals surface area contributed by atoms with Crippen LogP contribution in [-0.2, 0) is 5.41 Å². The number of para-hydroxylation sites is 1. The van der Waals surface area contributed by atoms with Gasteiger partial charge in [0.15, 0.2) is 11.5 Å². The van der Waals surface area contributed by atoms with Gasteiger partial charge in [-0.1, -0.05) is 62.4 Å². The molecule has 0 spiro atoms. The van der Waals surface area contributed by atoms with E-state index in [4.69, 9.17) is 4.74 Å². The van der Waals surface area contributed by atoms with Crippen LogP contribution in [0, 0.1) is 0 Å². The van der Waals surface area contributed by atoms with Gasteiger partial charge >= 0.3 is 0 Å². The highest BCUT2D eigenvalue weighted by molar-refractivity contribution is 5.83. The number of ether oxygens (including phenoxy) is 1. The lowest BCUT2D eigenvalue weighted by Gasteiger charge is -2.22. The normalized spacial score (nSPS) is 13.4. The summed E-state index contributed by atoms with van der Waals surface area (Å²) in [6.07, 6.45) is 0. The smallest absolute Gasteiger partial charge is 0.169 e. The number of anilines is 2. The number of hydrogen-bond acceptors (Lipinski definition) is 3. The summed E-state index contributed by atoms with van der Waals surface area (Å²) in [5.74, 6) is 1.21. The lowest BCUT2D eigenvalue weighted by atomic mass is 9.82. The Labute approximate surface area is 176 Å². The predicted octanol–water partition coefficient (Wildman–Crippen LogP) is 7.23. The maximum Gasteiger partial charge on any atom is 0.169 e. The Hall–Kier alpha value is -3.72. The standard InChI is InChI=1S/C27H23NO2/c1-27(2)23-11-7-6-10-21(23)22-14-12-18(16-24(22)27)28-19-13-15-26(25(29)17-19)30-20-8-4-3-5-9-20/h3-17,28-29H,1-2H3. The predicted molar refractivity (Wildman–Crippen MR) is 122 cm³/mol. The van der Waals surface area contributed by atoms with Crippen molar-refractivity contribution in [2.24, 2.45) is 0 Å². The van der Waals surface area contributed by atoms with Gasteiger partial charge in [-0.3, -0.25) is 0 Å². The van der Waals surface area contributed by atoms with Crippen molar-refractivity contribution in [3.8, 4) is 28.4 Å². The summed E-state index contributed by atoms with van der Waals surface area (Å²) >= 11 is 0. The molecule has 1 aliphatic rings. The van der Waals surface area contributed by atoms with Gasteiger partial charge in [0.2, 0.25) is 0 Å². The van der Waals surface area contributed by atoms with E-state index in [-0.39, 0.29) is 11.2 Å². The van der Waals surface area contributed by atoms with Crippen LogP contribution in [0.25, 0.3) is 11.1 Å². The third-order valence-corrected chi connectivity index (χ3v) is 5.80. The molecule has 0 saturated heterocycles. The molecule has 0 atom stereocenters. The van der Waals surface area contributed by atoms with Crippen LogP contribution >= 0.6 is 0 Å². The summed E-state index contributed by atoms with van der Waals surface area (Å²) in [4.78, 5) is 0. The summed E-state index contributed by atoms with van der Waals surface area (Å²) < 4.78 is 5.76. The molecule has 0 bridgehead atoms. The zero-order chi connectivity index (χ0) is 20.7. The summed E-state index contributed by atoms with van der Waals surface area (Å²) in [5, 5.41) is 13.8. The van der Waals surface area contributed by atoms with Gasteiger partial charge in [0.25, 0.3) is 0 Å². The molecule has 2 N–H and O–H groups in total. The van der Waals surface area contributed by atoms with Gasteiger partial charge in [-0.15, -0.1) is 0 Å². The molecule has 148 valence electrons. The van der Waals surface area contributed by atoms with Crippen molar-refractivity contribution in [1.82, 2.24) is 0 Å². The fraction of sp³-hybridized carbons (Fsp3) is 0.111. The maximum absolute atomic E-state index is 10.4. The first kappa shape index (κ1) is 18.3. The van der Waals surface area contributed by atoms with Crippen LogP contribution in [0.5, 0.6) is 17.2 Å². The van der Waals surface area contributed by atoms with Gasteiger partial charge in [0.05, 0.1) is 0 Å². The third kappa shape index (κ3) is 3.09. The molecule has 0 saturated carbocycles. The molecule has 3 heteroatoms. The SMILES string of the molecule is CC1(C)c2ccccc2-c2ccc(Nc3ccc(Oc4ccccc4)c(O)c3)cc21. The van der Waals surface area contributed by atoms with E-state index in [1.807, 2.05) is 36.4 Å². The first-order chi connectivity index (χ1) is 14.5. The van der Waals surface area contributed by atoms with Gasteiger partial charge in [-0.25, -0.2) is 0 Å². The highest BCUT2D eigenvalue weighted by atomic mass is 16.5. The molecule has 0 unspecified atom stereocenters. The number of nitrogens with one attached hydrogen (secondary N) is 1. The molecule has 0 aromatic heterocycles. The molecule has 30 heavy (non-hydrogen) atoms. The van der Waals surface area contributed by atoms with Crippen LogP contribution in [0.2, 0.25) is 0 Å². The molecule has 0 amide bonds. The van der Waals surface area contributed by atoms with E-state index in [2.05, 4.69) is 61.6 Å². The van der Waals surface area contributed by atoms with Crippen molar-refractivity contribution >= 4 is 11.4 Å². The van der Waals surface area contributed by atoms with E-state index in [0.717, 1.165) is 11.4 Å². The minimum absolute atomic E-state index is 0.0425. The van der Waals surface area contributed by atoms with Crippen molar-refractivity contribution in [3.63, 3.8) is 0 Å². The topological polar surface area (TPSA) is 41.5 Å². The molecular formula is C27H23NO2. The highest BCUT2D eigenvalue weighted by Crippen LogP contribution is 2.49. The Bertz CT molecular complexity index is 1230. The van der Waals surface area contributed by atoms with Gasteiger partial charge in [-0.05, 0) is 58.7 Å². The molecule has 0 heterocycles. The van der Waals surface area contributed by atoms with Crippen LogP contribution in [0.1, 0.15) is 25.0 Å². The monoisotopic (exact) mass is 393 g/mol. The Morgan fingerprint density at radius 3 is 2.17 bits per heavy atom. The van der Waals surface area contributed by atoms with Gasteiger partial charge in [0.1, 0.15) is 5.75 Å². The number of phenolic OH excluding ortho intramolecular Hbond substituents is 1. The van der Waals surface area contributed by atoms with E-state index in [9.17, 15) is 5.11 Å². The lowest BCUT2D eigenvalue weighted by Crippen LogP contribution is -2.15. The summed E-state index contributed by atoms with van der Waals surface area (Å²) in [6, 6.07) is 29.9. The summed E-state index contributed by atoms with van der Waals surface area (Å²) in [7, 11) is 0. The number of aromatic hydroxyl groups is 1. The molecule has 4 aromatic rings. The zero-order valence-electron chi connectivity index (χ0n) is 17.0. The number of phenols is 1. The minimum Gasteiger partial charge on any atom is -0.504 e. The number of hydrogen-bond donors (Lipinski definition) is 2. The summed E-state index contributed by atoms with van der Waals surface area (Å²) in [6.45, 7) is 4.53. The lowest BCUT2D eigenvalue weighted by molar-refractivity contribution is 0.411. The van der Waals surface area contributed by atoms with Crippen LogP contribution in [0.4, 0.5) is 11.4 Å².